The molecule has 1 aromatic rings. The predicted octanol–water partition coefficient (Wildman–Crippen LogP) is 2.73. The molecule has 2 atom stereocenters. The Bertz CT molecular complexity index is 403. The van der Waals surface area contributed by atoms with Crippen LogP contribution in [-0.2, 0) is 4.79 Å². The summed E-state index contributed by atoms with van der Waals surface area (Å²) in [6, 6.07) is 4.75. The van der Waals surface area contributed by atoms with Gasteiger partial charge in [0.15, 0.2) is 0 Å². The zero-order chi connectivity index (χ0) is 11.0. The Morgan fingerprint density at radius 1 is 1.53 bits per heavy atom. The molecule has 0 aromatic heterocycles. The Labute approximate surface area is 88.5 Å². The maximum atomic E-state index is 13.2. The molecule has 1 fully saturated rings. The van der Waals surface area contributed by atoms with E-state index in [1.807, 2.05) is 6.92 Å². The number of hydrogen-bond donors (Lipinski definition) is 1. The van der Waals surface area contributed by atoms with Gasteiger partial charge in [-0.2, -0.15) is 0 Å². The number of hydrogen-bond acceptors (Lipinski definition) is 1. The Kier molecular flexibility index (Phi) is 2.47. The molecule has 0 unspecified atom stereocenters. The lowest BCUT2D eigenvalue weighted by molar-refractivity contribution is -0.117. The third kappa shape index (κ3) is 2.17. The van der Waals surface area contributed by atoms with Gasteiger partial charge in [-0.25, -0.2) is 4.39 Å². The first-order valence-corrected chi connectivity index (χ1v) is 5.15. The monoisotopic (exact) mass is 207 g/mol. The highest BCUT2D eigenvalue weighted by Gasteiger charge is 2.39. The molecule has 1 amide bonds. The van der Waals surface area contributed by atoms with Gasteiger partial charge in [-0.1, -0.05) is 13.0 Å². The Morgan fingerprint density at radius 3 is 2.73 bits per heavy atom. The highest BCUT2D eigenvalue weighted by Crippen LogP contribution is 2.38. The number of carbonyl (C=O) groups excluding carboxylic acids is 1. The number of halogens is 1. The second-order valence-corrected chi connectivity index (χ2v) is 4.27. The fraction of sp³-hybridized carbons (Fsp3) is 0.417. The zero-order valence-corrected chi connectivity index (χ0v) is 8.88. The second-order valence-electron chi connectivity index (χ2n) is 4.27. The van der Waals surface area contributed by atoms with Crippen molar-refractivity contribution in [1.82, 2.24) is 0 Å². The summed E-state index contributed by atoms with van der Waals surface area (Å²) in [7, 11) is 0. The van der Waals surface area contributed by atoms with Crippen LogP contribution in [0.4, 0.5) is 10.1 Å². The van der Waals surface area contributed by atoms with Crippen molar-refractivity contribution in [2.75, 3.05) is 5.32 Å². The first-order chi connectivity index (χ1) is 7.08. The van der Waals surface area contributed by atoms with E-state index in [9.17, 15) is 9.18 Å². The summed E-state index contributed by atoms with van der Waals surface area (Å²) < 4.78 is 13.2. The van der Waals surface area contributed by atoms with Crippen LogP contribution in [0.15, 0.2) is 18.2 Å². The summed E-state index contributed by atoms with van der Waals surface area (Å²) in [5, 5.41) is 2.72. The molecule has 80 valence electrons. The van der Waals surface area contributed by atoms with Gasteiger partial charge in [0.1, 0.15) is 5.82 Å². The van der Waals surface area contributed by atoms with Crippen LogP contribution in [0.25, 0.3) is 0 Å². The van der Waals surface area contributed by atoms with Crippen molar-refractivity contribution in [2.45, 2.75) is 20.3 Å². The number of nitrogens with one attached hydrogen (secondary N) is 1. The molecule has 1 aliphatic carbocycles. The third-order valence-electron chi connectivity index (χ3n) is 2.89. The highest BCUT2D eigenvalue weighted by molar-refractivity contribution is 5.94. The molecule has 1 aliphatic rings. The number of carbonyl (C=O) groups is 1. The summed E-state index contributed by atoms with van der Waals surface area (Å²) in [5.41, 5.74) is 1.13. The van der Waals surface area contributed by atoms with Crippen molar-refractivity contribution in [3.8, 4) is 0 Å². The fourth-order valence-corrected chi connectivity index (χ4v) is 1.59. The quantitative estimate of drug-likeness (QED) is 0.793. The maximum absolute atomic E-state index is 13.2. The SMILES string of the molecule is Cc1ccc(NC(=O)[C@H]2C[C@@H]2C)cc1F. The normalized spacial score (nSPS) is 23.7. The third-order valence-corrected chi connectivity index (χ3v) is 2.89. The lowest BCUT2D eigenvalue weighted by atomic mass is 10.2. The summed E-state index contributed by atoms with van der Waals surface area (Å²) in [6.07, 6.45) is 0.945. The van der Waals surface area contributed by atoms with Gasteiger partial charge in [-0.05, 0) is 37.0 Å². The average molecular weight is 207 g/mol. The molecule has 15 heavy (non-hydrogen) atoms. The molecule has 2 rings (SSSR count). The van der Waals surface area contributed by atoms with E-state index in [1.165, 1.54) is 6.07 Å². The van der Waals surface area contributed by atoms with E-state index in [0.29, 0.717) is 17.2 Å². The van der Waals surface area contributed by atoms with Gasteiger partial charge in [0.05, 0.1) is 0 Å². The minimum absolute atomic E-state index is 0.00533. The summed E-state index contributed by atoms with van der Waals surface area (Å²) in [4.78, 5) is 11.5. The van der Waals surface area contributed by atoms with Gasteiger partial charge in [0.25, 0.3) is 0 Å². The van der Waals surface area contributed by atoms with E-state index in [0.717, 1.165) is 6.42 Å². The first kappa shape index (κ1) is 10.1. The largest absolute Gasteiger partial charge is 0.326 e. The van der Waals surface area contributed by atoms with Crippen LogP contribution in [0.3, 0.4) is 0 Å². The number of amides is 1. The van der Waals surface area contributed by atoms with Crippen molar-refractivity contribution in [1.29, 1.82) is 0 Å². The van der Waals surface area contributed by atoms with Gasteiger partial charge < -0.3 is 5.32 Å². The predicted molar refractivity (Wildman–Crippen MR) is 57.0 cm³/mol. The fourth-order valence-electron chi connectivity index (χ4n) is 1.59. The number of rotatable bonds is 2. The van der Waals surface area contributed by atoms with Crippen molar-refractivity contribution in [2.24, 2.45) is 11.8 Å². The standard InChI is InChI=1S/C12H14FNO/c1-7-3-4-9(6-11(7)13)14-12(15)10-5-8(10)2/h3-4,6,8,10H,5H2,1-2H3,(H,14,15)/t8-,10-/m0/s1. The van der Waals surface area contributed by atoms with Crippen LogP contribution in [0.5, 0.6) is 0 Å². The van der Waals surface area contributed by atoms with E-state index in [1.54, 1.807) is 19.1 Å². The first-order valence-electron chi connectivity index (χ1n) is 5.15. The summed E-state index contributed by atoms with van der Waals surface area (Å²) in [5.74, 6) is 0.317. The second kappa shape index (κ2) is 3.65. The van der Waals surface area contributed by atoms with Gasteiger partial charge in [0.2, 0.25) is 5.91 Å². The van der Waals surface area contributed by atoms with Crippen LogP contribution < -0.4 is 5.32 Å². The molecule has 0 aliphatic heterocycles. The molecule has 0 bridgehead atoms. The molecular formula is C12H14FNO. The molecule has 0 heterocycles. The van der Waals surface area contributed by atoms with Crippen LogP contribution in [0.1, 0.15) is 18.9 Å². The Balaban J connectivity index is 2.04. The molecular weight excluding hydrogens is 193 g/mol. The maximum Gasteiger partial charge on any atom is 0.227 e. The lowest BCUT2D eigenvalue weighted by Crippen LogP contribution is -2.14. The topological polar surface area (TPSA) is 29.1 Å². The Hall–Kier alpha value is -1.38. The van der Waals surface area contributed by atoms with Crippen molar-refractivity contribution >= 4 is 11.6 Å². The van der Waals surface area contributed by atoms with E-state index in [-0.39, 0.29) is 17.6 Å². The van der Waals surface area contributed by atoms with Crippen LogP contribution >= 0.6 is 0 Å². The van der Waals surface area contributed by atoms with Gasteiger partial charge in [-0.15, -0.1) is 0 Å². The minimum Gasteiger partial charge on any atom is -0.326 e. The average Bonchev–Trinajstić information content (AvgIpc) is 2.89. The molecule has 1 N–H and O–H groups in total. The molecule has 1 aromatic carbocycles. The van der Waals surface area contributed by atoms with Crippen molar-refractivity contribution < 1.29 is 9.18 Å². The Morgan fingerprint density at radius 2 is 2.20 bits per heavy atom. The molecule has 1 saturated carbocycles. The van der Waals surface area contributed by atoms with E-state index in [2.05, 4.69) is 5.32 Å². The van der Waals surface area contributed by atoms with E-state index >= 15 is 0 Å². The van der Waals surface area contributed by atoms with Gasteiger partial charge >= 0.3 is 0 Å². The molecule has 3 heteroatoms. The smallest absolute Gasteiger partial charge is 0.227 e. The van der Waals surface area contributed by atoms with E-state index in [4.69, 9.17) is 0 Å². The van der Waals surface area contributed by atoms with Crippen LogP contribution in [-0.4, -0.2) is 5.91 Å². The van der Waals surface area contributed by atoms with Gasteiger partial charge in [0, 0.05) is 11.6 Å². The lowest BCUT2D eigenvalue weighted by Gasteiger charge is -2.05. The number of benzene rings is 1. The zero-order valence-electron chi connectivity index (χ0n) is 8.88. The highest BCUT2D eigenvalue weighted by atomic mass is 19.1. The van der Waals surface area contributed by atoms with Crippen molar-refractivity contribution in [3.05, 3.63) is 29.6 Å². The van der Waals surface area contributed by atoms with Gasteiger partial charge in [-0.3, -0.25) is 4.79 Å². The molecule has 2 nitrogen and oxygen atoms in total. The minimum atomic E-state index is -0.281. The number of aryl methyl sites for hydroxylation is 1. The molecule has 0 spiro atoms. The van der Waals surface area contributed by atoms with Crippen molar-refractivity contribution in [3.63, 3.8) is 0 Å². The number of anilines is 1. The summed E-state index contributed by atoms with van der Waals surface area (Å²) in [6.45, 7) is 3.74. The van der Waals surface area contributed by atoms with Crippen LogP contribution in [0.2, 0.25) is 0 Å². The molecule has 0 radical (unpaired) electrons. The van der Waals surface area contributed by atoms with E-state index < -0.39 is 0 Å². The molecule has 0 saturated heterocycles. The van der Waals surface area contributed by atoms with Crippen LogP contribution in [0, 0.1) is 24.6 Å². The summed E-state index contributed by atoms with van der Waals surface area (Å²) >= 11 is 0.